The molecule has 0 N–H and O–H groups in total. The largest absolute Gasteiger partial charge is 0.377 e. The van der Waals surface area contributed by atoms with Crippen molar-refractivity contribution in [2.24, 2.45) is 0 Å². The number of rotatable bonds is 3. The van der Waals surface area contributed by atoms with Gasteiger partial charge in [0.25, 0.3) is 5.91 Å². The topological polar surface area (TPSA) is 76.2 Å². The van der Waals surface area contributed by atoms with Gasteiger partial charge in [-0.15, -0.1) is 0 Å². The normalized spacial score (nSPS) is 26.0. The predicted molar refractivity (Wildman–Crippen MR) is 89.3 cm³/mol. The van der Waals surface area contributed by atoms with E-state index in [1.807, 2.05) is 0 Å². The second-order valence-electron chi connectivity index (χ2n) is 6.21. The second-order valence-corrected chi connectivity index (χ2v) is 8.47. The van der Waals surface area contributed by atoms with E-state index in [-0.39, 0.29) is 51.1 Å². The Balaban J connectivity index is 1.87. The Hall–Kier alpha value is -1.55. The van der Waals surface area contributed by atoms with Crippen molar-refractivity contribution in [2.75, 3.05) is 50.1 Å². The molecule has 1 atom stereocenters. The van der Waals surface area contributed by atoms with E-state index in [1.54, 1.807) is 6.92 Å². The predicted octanol–water partition coefficient (Wildman–Crippen LogP) is 0.610. The van der Waals surface area contributed by atoms with Crippen molar-refractivity contribution in [3.05, 3.63) is 30.1 Å². The van der Waals surface area contributed by atoms with Gasteiger partial charge in [0, 0.05) is 18.8 Å². The fourth-order valence-electron chi connectivity index (χ4n) is 3.04. The van der Waals surface area contributed by atoms with Gasteiger partial charge < -0.3 is 14.4 Å². The molecule has 9 heteroatoms. The maximum absolute atomic E-state index is 13.2. The summed E-state index contributed by atoms with van der Waals surface area (Å²) < 4.78 is 50.4. The molecule has 138 valence electrons. The fraction of sp³-hybridized carbons (Fsp3) is 0.562. The highest BCUT2D eigenvalue weighted by Gasteiger charge is 2.45. The minimum absolute atomic E-state index is 0.0102. The third-order valence-electron chi connectivity index (χ3n) is 4.46. The quantitative estimate of drug-likeness (QED) is 0.777. The van der Waals surface area contributed by atoms with Crippen molar-refractivity contribution in [3.63, 3.8) is 0 Å². The molecule has 1 spiro atoms. The van der Waals surface area contributed by atoms with E-state index in [0.717, 1.165) is 0 Å². The first kappa shape index (κ1) is 18.2. The molecule has 3 rings (SSSR count). The summed E-state index contributed by atoms with van der Waals surface area (Å²) in [7, 11) is -3.40. The van der Waals surface area contributed by atoms with Gasteiger partial charge in [0.15, 0.2) is 0 Å². The van der Waals surface area contributed by atoms with Crippen LogP contribution in [0.25, 0.3) is 0 Å². The summed E-state index contributed by atoms with van der Waals surface area (Å²) >= 11 is 0. The van der Waals surface area contributed by atoms with Gasteiger partial charge in [0.1, 0.15) is 18.0 Å². The number of nitrogens with zero attached hydrogens (tertiary/aromatic N) is 2. The van der Waals surface area contributed by atoms with Crippen LogP contribution >= 0.6 is 0 Å². The zero-order valence-electron chi connectivity index (χ0n) is 14.0. The van der Waals surface area contributed by atoms with Crippen LogP contribution < -0.4 is 4.90 Å². The third kappa shape index (κ3) is 3.84. The summed E-state index contributed by atoms with van der Waals surface area (Å²) in [5.41, 5.74) is -0.399. The molecule has 1 aromatic carbocycles. The molecule has 2 fully saturated rings. The van der Waals surface area contributed by atoms with Gasteiger partial charge in [-0.2, -0.15) is 4.31 Å². The molecule has 2 aliphatic rings. The Morgan fingerprint density at radius 3 is 2.64 bits per heavy atom. The maximum atomic E-state index is 13.2. The van der Waals surface area contributed by atoms with Crippen LogP contribution in [0.5, 0.6) is 0 Å². The molecule has 7 nitrogen and oxygen atoms in total. The number of hydrogen-bond acceptors (Lipinski definition) is 5. The molecule has 2 aliphatic heterocycles. The van der Waals surface area contributed by atoms with Gasteiger partial charge in [-0.1, -0.05) is 0 Å². The van der Waals surface area contributed by atoms with E-state index in [2.05, 4.69) is 0 Å². The lowest BCUT2D eigenvalue weighted by atomic mass is 10.0. The van der Waals surface area contributed by atoms with Gasteiger partial charge in [-0.05, 0) is 31.2 Å². The minimum Gasteiger partial charge on any atom is -0.377 e. The Labute approximate surface area is 146 Å². The summed E-state index contributed by atoms with van der Waals surface area (Å²) in [5, 5.41) is 0. The lowest BCUT2D eigenvalue weighted by Gasteiger charge is -2.42. The van der Waals surface area contributed by atoms with Gasteiger partial charge >= 0.3 is 0 Å². The van der Waals surface area contributed by atoms with E-state index in [4.69, 9.17) is 9.47 Å². The summed E-state index contributed by atoms with van der Waals surface area (Å²) in [6.07, 6.45) is 0. The van der Waals surface area contributed by atoms with Crippen molar-refractivity contribution >= 4 is 21.6 Å². The van der Waals surface area contributed by atoms with Crippen LogP contribution in [-0.4, -0.2) is 69.4 Å². The Kier molecular flexibility index (Phi) is 5.10. The van der Waals surface area contributed by atoms with E-state index in [1.165, 1.54) is 33.5 Å². The Bertz CT molecular complexity index is 739. The summed E-state index contributed by atoms with van der Waals surface area (Å²) in [6, 6.07) is 5.60. The van der Waals surface area contributed by atoms with Crippen LogP contribution in [0.4, 0.5) is 10.1 Å². The molecule has 0 radical (unpaired) electrons. The molecule has 2 heterocycles. The highest BCUT2D eigenvalue weighted by atomic mass is 32.2. The number of ether oxygens (including phenoxy) is 2. The van der Waals surface area contributed by atoms with Crippen LogP contribution in [-0.2, 0) is 24.3 Å². The highest BCUT2D eigenvalue weighted by molar-refractivity contribution is 7.89. The molecule has 2 saturated heterocycles. The molecule has 0 bridgehead atoms. The van der Waals surface area contributed by atoms with Gasteiger partial charge in [-0.3, -0.25) is 4.79 Å². The Morgan fingerprint density at radius 2 is 1.96 bits per heavy atom. The minimum atomic E-state index is -3.40. The van der Waals surface area contributed by atoms with Crippen LogP contribution in [0, 0.1) is 5.82 Å². The van der Waals surface area contributed by atoms with Crippen molar-refractivity contribution in [3.8, 4) is 0 Å². The van der Waals surface area contributed by atoms with E-state index in [0.29, 0.717) is 5.69 Å². The Morgan fingerprint density at radius 1 is 1.24 bits per heavy atom. The first-order chi connectivity index (χ1) is 11.9. The number of hydrogen-bond donors (Lipinski definition) is 0. The lowest BCUT2D eigenvalue weighted by Crippen LogP contribution is -2.61. The number of carbonyl (C=O) groups excluding carboxylic acids is 1. The highest BCUT2D eigenvalue weighted by Crippen LogP contribution is 2.28. The van der Waals surface area contributed by atoms with Crippen LogP contribution in [0.2, 0.25) is 0 Å². The second kappa shape index (κ2) is 6.99. The van der Waals surface area contributed by atoms with Crippen molar-refractivity contribution < 1.29 is 27.1 Å². The van der Waals surface area contributed by atoms with Crippen molar-refractivity contribution in [1.82, 2.24) is 4.31 Å². The van der Waals surface area contributed by atoms with Gasteiger partial charge in [-0.25, -0.2) is 12.8 Å². The number of benzene rings is 1. The average Bonchev–Trinajstić information content (AvgIpc) is 2.81. The number of anilines is 1. The fourth-order valence-corrected chi connectivity index (χ4v) is 4.19. The SMILES string of the molecule is CCS(=O)(=O)N1CCOCC2(CN(c3ccc(F)cc3)C(=O)CO2)C1. The number of carbonyl (C=O) groups is 1. The maximum Gasteiger partial charge on any atom is 0.253 e. The zero-order valence-corrected chi connectivity index (χ0v) is 14.8. The molecule has 0 aromatic heterocycles. The van der Waals surface area contributed by atoms with Gasteiger partial charge in [0.2, 0.25) is 10.0 Å². The smallest absolute Gasteiger partial charge is 0.253 e. The third-order valence-corrected chi connectivity index (χ3v) is 6.29. The molecular formula is C16H21FN2O5S. The molecule has 1 amide bonds. The number of morpholine rings is 1. The average molecular weight is 372 g/mol. The first-order valence-corrected chi connectivity index (χ1v) is 9.72. The monoisotopic (exact) mass is 372 g/mol. The molecule has 0 saturated carbocycles. The summed E-state index contributed by atoms with van der Waals surface area (Å²) in [4.78, 5) is 13.8. The first-order valence-electron chi connectivity index (χ1n) is 8.11. The van der Waals surface area contributed by atoms with Crippen LogP contribution in [0.15, 0.2) is 24.3 Å². The lowest BCUT2D eigenvalue weighted by molar-refractivity contribution is -0.145. The van der Waals surface area contributed by atoms with E-state index >= 15 is 0 Å². The standard InChI is InChI=1S/C16H21FN2O5S/c1-2-25(21,22)18-7-8-23-12-16(10-18)11-19(15(20)9-24-16)14-5-3-13(17)4-6-14/h3-6H,2,7-12H2,1H3. The van der Waals surface area contributed by atoms with Gasteiger partial charge in [0.05, 0.1) is 25.5 Å². The van der Waals surface area contributed by atoms with E-state index in [9.17, 15) is 17.6 Å². The zero-order chi connectivity index (χ0) is 18.1. The van der Waals surface area contributed by atoms with Crippen LogP contribution in [0.3, 0.4) is 0 Å². The molecule has 1 aromatic rings. The summed E-state index contributed by atoms with van der Waals surface area (Å²) in [6.45, 7) is 2.39. The molecule has 25 heavy (non-hydrogen) atoms. The number of amides is 1. The van der Waals surface area contributed by atoms with Crippen LogP contribution in [0.1, 0.15) is 6.92 Å². The molecule has 1 unspecified atom stereocenters. The number of halogens is 1. The molecular weight excluding hydrogens is 351 g/mol. The number of sulfonamides is 1. The van der Waals surface area contributed by atoms with Crippen molar-refractivity contribution in [2.45, 2.75) is 12.5 Å². The summed E-state index contributed by atoms with van der Waals surface area (Å²) in [5.74, 6) is -0.660. The van der Waals surface area contributed by atoms with Crippen molar-refractivity contribution in [1.29, 1.82) is 0 Å². The molecule has 0 aliphatic carbocycles. The van der Waals surface area contributed by atoms with E-state index < -0.39 is 21.4 Å².